The van der Waals surface area contributed by atoms with Gasteiger partial charge < -0.3 is 20.0 Å². The van der Waals surface area contributed by atoms with Gasteiger partial charge in [0.25, 0.3) is 12.7 Å². The molecule has 1 saturated heterocycles. The molecule has 0 unspecified atom stereocenters. The van der Waals surface area contributed by atoms with Crippen LogP contribution in [0.5, 0.6) is 0 Å². The minimum atomic E-state index is -4.55. The van der Waals surface area contributed by atoms with Gasteiger partial charge in [-0.05, 0) is 0 Å². The van der Waals surface area contributed by atoms with E-state index in [-0.39, 0.29) is 0 Å². The normalized spacial score (nSPS) is 34.6. The summed E-state index contributed by atoms with van der Waals surface area (Å²) in [5.74, 6) is 0. The molecule has 0 saturated carbocycles. The number of ether oxygens (including phenoxy) is 1. The summed E-state index contributed by atoms with van der Waals surface area (Å²) < 4.78 is 19.0. The third-order valence-electron chi connectivity index (χ3n) is 1.53. The highest BCUT2D eigenvalue weighted by Gasteiger charge is 2.44. The zero-order valence-electron chi connectivity index (χ0n) is 6.48. The van der Waals surface area contributed by atoms with Gasteiger partial charge in [0.1, 0.15) is 0 Å². The molecule has 76 valence electrons. The molecule has 1 aliphatic heterocycles. The summed E-state index contributed by atoms with van der Waals surface area (Å²) in [6, 6.07) is 0. The van der Waals surface area contributed by atoms with Crippen molar-refractivity contribution in [1.82, 2.24) is 0 Å². The fourth-order valence-corrected chi connectivity index (χ4v) is 1.21. The smallest absolute Gasteiger partial charge is 0.382 e. The molecule has 0 aliphatic carbocycles. The van der Waals surface area contributed by atoms with Crippen molar-refractivity contribution in [2.75, 3.05) is 6.61 Å². The van der Waals surface area contributed by atoms with Gasteiger partial charge in [0.05, 0.1) is 6.61 Å². The first-order valence-electron chi connectivity index (χ1n) is 3.45. The van der Waals surface area contributed by atoms with E-state index in [2.05, 4.69) is 9.26 Å². The topological polar surface area (TPSA) is 116 Å². The van der Waals surface area contributed by atoms with Gasteiger partial charge in [-0.15, -0.1) is 0 Å². The minimum absolute atomic E-state index is 0.473. The van der Waals surface area contributed by atoms with Crippen LogP contribution < -0.4 is 0 Å². The van der Waals surface area contributed by atoms with E-state index in [9.17, 15) is 4.57 Å². The number of aliphatic hydroxyl groups excluding tert-OH is 2. The van der Waals surface area contributed by atoms with Crippen molar-refractivity contribution in [1.29, 1.82) is 0 Å². The molecule has 0 aromatic heterocycles. The molecule has 13 heavy (non-hydrogen) atoms. The Morgan fingerprint density at radius 1 is 1.46 bits per heavy atom. The first kappa shape index (κ1) is 10.9. The highest BCUT2D eigenvalue weighted by atomic mass is 31.2. The van der Waals surface area contributed by atoms with Gasteiger partial charge in [-0.2, -0.15) is 4.74 Å². The molecule has 1 heterocycles. The first-order valence-corrected chi connectivity index (χ1v) is 4.98. The van der Waals surface area contributed by atoms with E-state index in [0.29, 0.717) is 0 Å². The van der Waals surface area contributed by atoms with Crippen LogP contribution >= 0.6 is 7.82 Å². The second-order valence-electron chi connectivity index (χ2n) is 2.58. The quantitative estimate of drug-likeness (QED) is 0.328. The van der Waals surface area contributed by atoms with Gasteiger partial charge in [0, 0.05) is 0 Å². The van der Waals surface area contributed by atoms with E-state index in [1.807, 2.05) is 0 Å². The molecule has 3 atom stereocenters. The lowest BCUT2D eigenvalue weighted by atomic mass is 10.2. The second kappa shape index (κ2) is 3.93. The third-order valence-corrected chi connectivity index (χ3v) is 2.02. The molecule has 7 nitrogen and oxygen atoms in total. The standard InChI is InChI=1S/C5H9O7P/c6-3-1-11-4(5(3)7)2-12-13(8,9)10/h1,3-7H,2H2,(H-,8,9,10)/p+1/t3-,4+,5-/m0/s1. The zero-order chi connectivity index (χ0) is 10.1. The number of phosphoric acid groups is 1. The van der Waals surface area contributed by atoms with Gasteiger partial charge in [0.15, 0.2) is 12.2 Å². The SMILES string of the molecule is O=P(O)(O)OC[C@H]1O[CH+][C@H](O)[C@@H]1O. The van der Waals surface area contributed by atoms with Crippen molar-refractivity contribution < 1.29 is 33.8 Å². The van der Waals surface area contributed by atoms with E-state index < -0.39 is 32.7 Å². The molecule has 0 spiro atoms. The molecule has 0 amide bonds. The van der Waals surface area contributed by atoms with Crippen LogP contribution in [0.15, 0.2) is 0 Å². The van der Waals surface area contributed by atoms with Crippen molar-refractivity contribution in [2.24, 2.45) is 0 Å². The van der Waals surface area contributed by atoms with E-state index in [4.69, 9.17) is 20.0 Å². The van der Waals surface area contributed by atoms with E-state index in [1.165, 1.54) is 0 Å². The molecule has 0 aromatic carbocycles. The van der Waals surface area contributed by atoms with Crippen LogP contribution in [0.25, 0.3) is 0 Å². The fourth-order valence-electron chi connectivity index (χ4n) is 0.871. The third kappa shape index (κ3) is 3.24. The summed E-state index contributed by atoms with van der Waals surface area (Å²) in [5, 5.41) is 18.0. The monoisotopic (exact) mass is 213 g/mol. The minimum Gasteiger partial charge on any atom is -0.382 e. The number of aliphatic hydroxyl groups is 2. The maximum absolute atomic E-state index is 10.2. The Bertz CT molecular complexity index is 213. The lowest BCUT2D eigenvalue weighted by Gasteiger charge is -2.10. The molecule has 8 heteroatoms. The average Bonchev–Trinajstić information content (AvgIpc) is 2.29. The predicted octanol–water partition coefficient (Wildman–Crippen LogP) is -1.62. The highest BCUT2D eigenvalue weighted by molar-refractivity contribution is 7.46. The Labute approximate surface area is 74.1 Å². The summed E-state index contributed by atoms with van der Waals surface area (Å²) in [6.45, 7) is 0.511. The van der Waals surface area contributed by atoms with Crippen LogP contribution in [0, 0.1) is 6.61 Å². The van der Waals surface area contributed by atoms with Gasteiger partial charge in [0.2, 0.25) is 0 Å². The van der Waals surface area contributed by atoms with Crippen molar-refractivity contribution >= 4 is 7.82 Å². The molecule has 0 aromatic rings. The summed E-state index contributed by atoms with van der Waals surface area (Å²) in [7, 11) is -4.55. The maximum atomic E-state index is 10.2. The summed E-state index contributed by atoms with van der Waals surface area (Å²) in [4.78, 5) is 16.6. The van der Waals surface area contributed by atoms with E-state index in [1.54, 1.807) is 0 Å². The largest absolute Gasteiger partial charge is 0.469 e. The Morgan fingerprint density at radius 2 is 2.08 bits per heavy atom. The average molecular weight is 213 g/mol. The maximum Gasteiger partial charge on any atom is 0.469 e. The van der Waals surface area contributed by atoms with Crippen molar-refractivity contribution in [3.63, 3.8) is 0 Å². The molecule has 0 radical (unpaired) electrons. The Balaban J connectivity index is 2.35. The number of hydrogen-bond acceptors (Lipinski definition) is 5. The van der Waals surface area contributed by atoms with Gasteiger partial charge in [-0.3, -0.25) is 4.52 Å². The van der Waals surface area contributed by atoms with Crippen LogP contribution in [-0.4, -0.2) is 44.9 Å². The molecule has 1 aliphatic rings. The highest BCUT2D eigenvalue weighted by Crippen LogP contribution is 2.36. The molecule has 4 N–H and O–H groups in total. The van der Waals surface area contributed by atoms with Gasteiger partial charge >= 0.3 is 7.82 Å². The summed E-state index contributed by atoms with van der Waals surface area (Å²) in [5.41, 5.74) is 0. The molecule has 0 bridgehead atoms. The lowest BCUT2D eigenvalue weighted by molar-refractivity contribution is -0.00333. The Morgan fingerprint density at radius 3 is 2.46 bits per heavy atom. The predicted molar refractivity (Wildman–Crippen MR) is 39.2 cm³/mol. The van der Waals surface area contributed by atoms with Crippen LogP contribution in [-0.2, 0) is 13.8 Å². The van der Waals surface area contributed by atoms with Crippen LogP contribution in [0.3, 0.4) is 0 Å². The molecule has 1 fully saturated rings. The summed E-state index contributed by atoms with van der Waals surface area (Å²) >= 11 is 0. The van der Waals surface area contributed by atoms with Gasteiger partial charge in [-0.1, -0.05) is 0 Å². The number of hydrogen-bond donors (Lipinski definition) is 4. The lowest BCUT2D eigenvalue weighted by Crippen LogP contribution is -2.32. The van der Waals surface area contributed by atoms with E-state index >= 15 is 0 Å². The van der Waals surface area contributed by atoms with Gasteiger partial charge in [-0.25, -0.2) is 4.57 Å². The zero-order valence-corrected chi connectivity index (χ0v) is 7.37. The number of rotatable bonds is 3. The second-order valence-corrected chi connectivity index (χ2v) is 3.82. The summed E-state index contributed by atoms with van der Waals surface area (Å²) in [6.07, 6.45) is -3.31. The molecular formula is C5H10O7P+. The van der Waals surface area contributed by atoms with Crippen LogP contribution in [0.2, 0.25) is 0 Å². The van der Waals surface area contributed by atoms with E-state index in [0.717, 1.165) is 6.61 Å². The number of phosphoric ester groups is 1. The van der Waals surface area contributed by atoms with Crippen LogP contribution in [0.4, 0.5) is 0 Å². The molecule has 1 rings (SSSR count). The molecular weight excluding hydrogens is 203 g/mol. The van der Waals surface area contributed by atoms with Crippen molar-refractivity contribution in [3.05, 3.63) is 6.61 Å². The Hall–Kier alpha value is -0.140. The van der Waals surface area contributed by atoms with Crippen molar-refractivity contribution in [2.45, 2.75) is 18.3 Å². The first-order chi connectivity index (χ1) is 5.90. The van der Waals surface area contributed by atoms with Crippen LogP contribution in [0.1, 0.15) is 0 Å². The van der Waals surface area contributed by atoms with Crippen molar-refractivity contribution in [3.8, 4) is 0 Å². The fraction of sp³-hybridized carbons (Fsp3) is 0.800. The Kier molecular flexibility index (Phi) is 3.31.